The van der Waals surface area contributed by atoms with Gasteiger partial charge in [-0.15, -0.1) is 11.3 Å². The number of benzene rings is 2. The van der Waals surface area contributed by atoms with Crippen LogP contribution in [-0.2, 0) is 19.4 Å². The summed E-state index contributed by atoms with van der Waals surface area (Å²) in [5.74, 6) is 0.729. The molecule has 0 bridgehead atoms. The molecule has 2 aromatic carbocycles. The number of aryl methyl sites for hydroxylation is 2. The molecule has 0 saturated heterocycles. The number of hydrogen-bond donors (Lipinski definition) is 0. The molecular formula is C32H32N4OS. The molecule has 0 amide bonds. The van der Waals surface area contributed by atoms with Gasteiger partial charge in [0.1, 0.15) is 10.8 Å². The SMILES string of the molecule is CCCCc1nc(C)n(Cc2nc3ccccc3s2)c(=O)c1Cc1ccc(C2=CC=CCC2(C)C#N)cc1. The molecule has 0 aliphatic heterocycles. The summed E-state index contributed by atoms with van der Waals surface area (Å²) in [5.41, 5.74) is 5.25. The van der Waals surface area contributed by atoms with Crippen LogP contribution in [0, 0.1) is 23.7 Å². The van der Waals surface area contributed by atoms with Gasteiger partial charge in [0, 0.05) is 12.0 Å². The number of allylic oxidation sites excluding steroid dienone is 4. The van der Waals surface area contributed by atoms with E-state index in [2.05, 4.69) is 43.3 Å². The first kappa shape index (κ1) is 25.8. The van der Waals surface area contributed by atoms with Gasteiger partial charge >= 0.3 is 0 Å². The maximum absolute atomic E-state index is 13.9. The molecule has 0 spiro atoms. The van der Waals surface area contributed by atoms with Crippen LogP contribution in [0.3, 0.4) is 0 Å². The third-order valence-corrected chi connectivity index (χ3v) is 8.37. The predicted molar refractivity (Wildman–Crippen MR) is 155 cm³/mol. The van der Waals surface area contributed by atoms with E-state index in [9.17, 15) is 10.1 Å². The first-order valence-electron chi connectivity index (χ1n) is 13.2. The zero-order chi connectivity index (χ0) is 26.7. The van der Waals surface area contributed by atoms with Crippen molar-refractivity contribution in [2.24, 2.45) is 5.41 Å². The van der Waals surface area contributed by atoms with Gasteiger partial charge in [-0.25, -0.2) is 9.97 Å². The first-order valence-corrected chi connectivity index (χ1v) is 14.0. The molecule has 0 radical (unpaired) electrons. The standard InChI is InChI=1S/C32H32N4OS/c1-4-5-11-27-25(19-23-14-16-24(17-15-23)26-10-8-9-18-32(26,3)21-33)31(37)36(22(2)34-27)20-30-35-28-12-6-7-13-29(28)38-30/h6-10,12-17H,4-5,11,18-20H2,1-3H3. The van der Waals surface area contributed by atoms with Crippen molar-refractivity contribution in [2.75, 3.05) is 0 Å². The van der Waals surface area contributed by atoms with Crippen LogP contribution in [0.15, 0.2) is 71.6 Å². The highest BCUT2D eigenvalue weighted by atomic mass is 32.1. The maximum atomic E-state index is 13.9. The van der Waals surface area contributed by atoms with Gasteiger partial charge in [-0.05, 0) is 61.9 Å². The van der Waals surface area contributed by atoms with Gasteiger partial charge in [0.25, 0.3) is 5.56 Å². The third-order valence-electron chi connectivity index (χ3n) is 7.35. The summed E-state index contributed by atoms with van der Waals surface area (Å²) in [6.45, 7) is 6.48. The quantitative estimate of drug-likeness (QED) is 0.250. The largest absolute Gasteiger partial charge is 0.290 e. The number of nitrogens with zero attached hydrogens (tertiary/aromatic N) is 4. The Morgan fingerprint density at radius 2 is 1.92 bits per heavy atom. The van der Waals surface area contributed by atoms with Crippen molar-refractivity contribution in [3.8, 4) is 6.07 Å². The number of aromatic nitrogens is 3. The lowest BCUT2D eigenvalue weighted by Crippen LogP contribution is -2.30. The molecule has 192 valence electrons. The Balaban J connectivity index is 1.48. The number of fused-ring (bicyclic) bond motifs is 1. The summed E-state index contributed by atoms with van der Waals surface area (Å²) in [5, 5.41) is 10.7. The lowest BCUT2D eigenvalue weighted by molar-refractivity contribution is 0.595. The zero-order valence-electron chi connectivity index (χ0n) is 22.2. The molecule has 0 saturated carbocycles. The fraction of sp³-hybridized carbons (Fsp3) is 0.312. The number of nitriles is 1. The van der Waals surface area contributed by atoms with Crippen LogP contribution in [-0.4, -0.2) is 14.5 Å². The molecule has 1 aliphatic rings. The van der Waals surface area contributed by atoms with Crippen LogP contribution in [0.5, 0.6) is 0 Å². The average molecular weight is 521 g/mol. The van der Waals surface area contributed by atoms with Crippen LogP contribution in [0.2, 0.25) is 0 Å². The summed E-state index contributed by atoms with van der Waals surface area (Å²) in [4.78, 5) is 23.6. The maximum Gasteiger partial charge on any atom is 0.257 e. The molecule has 5 rings (SSSR count). The van der Waals surface area contributed by atoms with Crippen molar-refractivity contribution in [2.45, 2.75) is 59.4 Å². The molecule has 1 atom stereocenters. The highest BCUT2D eigenvalue weighted by molar-refractivity contribution is 7.18. The number of hydrogen-bond acceptors (Lipinski definition) is 5. The van der Waals surface area contributed by atoms with Crippen molar-refractivity contribution >= 4 is 27.1 Å². The minimum atomic E-state index is -0.529. The van der Waals surface area contributed by atoms with E-state index >= 15 is 0 Å². The number of para-hydroxylation sites is 1. The van der Waals surface area contributed by atoms with Gasteiger partial charge in [0.15, 0.2) is 0 Å². The van der Waals surface area contributed by atoms with E-state index in [1.807, 2.05) is 50.3 Å². The van der Waals surface area contributed by atoms with Crippen LogP contribution < -0.4 is 5.56 Å². The van der Waals surface area contributed by atoms with Crippen molar-refractivity contribution in [1.29, 1.82) is 5.26 Å². The molecule has 2 heterocycles. The molecule has 6 heteroatoms. The fourth-order valence-corrected chi connectivity index (χ4v) is 6.04. The molecule has 2 aromatic heterocycles. The Hall–Kier alpha value is -3.82. The summed E-state index contributed by atoms with van der Waals surface area (Å²) >= 11 is 1.62. The highest BCUT2D eigenvalue weighted by Gasteiger charge is 2.30. The zero-order valence-corrected chi connectivity index (χ0v) is 23.0. The second-order valence-electron chi connectivity index (χ2n) is 10.2. The summed E-state index contributed by atoms with van der Waals surface area (Å²) < 4.78 is 2.89. The Kier molecular flexibility index (Phi) is 7.40. The van der Waals surface area contributed by atoms with Crippen LogP contribution >= 0.6 is 11.3 Å². The minimum absolute atomic E-state index is 0.0177. The van der Waals surface area contributed by atoms with Gasteiger partial charge in [-0.1, -0.05) is 68.0 Å². The highest BCUT2D eigenvalue weighted by Crippen LogP contribution is 2.40. The lowest BCUT2D eigenvalue weighted by Gasteiger charge is -2.26. The van der Waals surface area contributed by atoms with Gasteiger partial charge in [0.05, 0.1) is 33.9 Å². The minimum Gasteiger partial charge on any atom is -0.290 e. The Bertz CT molecular complexity index is 1600. The molecule has 38 heavy (non-hydrogen) atoms. The van der Waals surface area contributed by atoms with Crippen molar-refractivity contribution < 1.29 is 0 Å². The van der Waals surface area contributed by atoms with Crippen molar-refractivity contribution in [1.82, 2.24) is 14.5 Å². The molecule has 0 N–H and O–H groups in total. The number of rotatable bonds is 8. The second kappa shape index (κ2) is 10.9. The average Bonchev–Trinajstić information content (AvgIpc) is 3.35. The lowest BCUT2D eigenvalue weighted by atomic mass is 9.74. The van der Waals surface area contributed by atoms with Crippen LogP contribution in [0.25, 0.3) is 15.8 Å². The Labute approximate surface area is 227 Å². The van der Waals surface area contributed by atoms with E-state index in [1.165, 1.54) is 0 Å². The van der Waals surface area contributed by atoms with E-state index in [4.69, 9.17) is 9.97 Å². The van der Waals surface area contributed by atoms with Crippen molar-refractivity contribution in [3.05, 3.63) is 110 Å². The number of unbranched alkanes of at least 4 members (excludes halogenated alkanes) is 1. The summed E-state index contributed by atoms with van der Waals surface area (Å²) in [6, 6.07) is 18.8. The molecule has 0 fully saturated rings. The third kappa shape index (κ3) is 5.12. The smallest absolute Gasteiger partial charge is 0.257 e. The normalized spacial score (nSPS) is 16.9. The summed E-state index contributed by atoms with van der Waals surface area (Å²) in [7, 11) is 0. The van der Waals surface area contributed by atoms with Gasteiger partial charge in [-0.3, -0.25) is 9.36 Å². The molecule has 4 aromatic rings. The second-order valence-corrected chi connectivity index (χ2v) is 11.3. The Morgan fingerprint density at radius 3 is 2.66 bits per heavy atom. The summed E-state index contributed by atoms with van der Waals surface area (Å²) in [6.07, 6.45) is 10.2. The van der Waals surface area contributed by atoms with E-state index in [0.717, 1.165) is 68.3 Å². The first-order chi connectivity index (χ1) is 18.4. The van der Waals surface area contributed by atoms with Crippen molar-refractivity contribution in [3.63, 3.8) is 0 Å². The van der Waals surface area contributed by atoms with Crippen LogP contribution in [0.4, 0.5) is 0 Å². The van der Waals surface area contributed by atoms with Crippen LogP contribution in [0.1, 0.15) is 66.3 Å². The predicted octanol–water partition coefficient (Wildman–Crippen LogP) is 7.02. The fourth-order valence-electron chi connectivity index (χ4n) is 5.08. The van der Waals surface area contributed by atoms with E-state index in [0.29, 0.717) is 19.4 Å². The van der Waals surface area contributed by atoms with Gasteiger partial charge in [0.2, 0.25) is 0 Å². The monoisotopic (exact) mass is 520 g/mol. The van der Waals surface area contributed by atoms with E-state index in [1.54, 1.807) is 15.9 Å². The molecule has 1 unspecified atom stereocenters. The molecule has 1 aliphatic carbocycles. The van der Waals surface area contributed by atoms with Gasteiger partial charge < -0.3 is 0 Å². The molecule has 5 nitrogen and oxygen atoms in total. The van der Waals surface area contributed by atoms with Gasteiger partial charge in [-0.2, -0.15) is 5.26 Å². The topological polar surface area (TPSA) is 71.6 Å². The number of thiazole rings is 1. The Morgan fingerprint density at radius 1 is 1.13 bits per heavy atom. The van der Waals surface area contributed by atoms with E-state index in [-0.39, 0.29) is 5.56 Å². The van der Waals surface area contributed by atoms with E-state index < -0.39 is 5.41 Å². The molecular weight excluding hydrogens is 488 g/mol.